The van der Waals surface area contributed by atoms with Crippen molar-refractivity contribution in [3.8, 4) is 0 Å². The number of hydrogen-bond acceptors (Lipinski definition) is 6. The molecule has 2 aromatic rings. The highest BCUT2D eigenvalue weighted by molar-refractivity contribution is 8.27. The Hall–Kier alpha value is -2.09. The second-order valence-electron chi connectivity index (χ2n) is 5.33. The Labute approximate surface area is 165 Å². The molecule has 132 valence electrons. The van der Waals surface area contributed by atoms with Crippen molar-refractivity contribution in [1.82, 2.24) is 0 Å². The lowest BCUT2D eigenvalue weighted by Crippen LogP contribution is -2.27. The molecule has 0 radical (unpaired) electrons. The number of carbonyl (C=O) groups excluding carboxylic acids is 2. The van der Waals surface area contributed by atoms with Crippen LogP contribution in [0.5, 0.6) is 0 Å². The molecular weight excluding hydrogens is 386 g/mol. The van der Waals surface area contributed by atoms with Gasteiger partial charge in [0.1, 0.15) is 0 Å². The lowest BCUT2D eigenvalue weighted by Gasteiger charge is -2.15. The summed E-state index contributed by atoms with van der Waals surface area (Å²) in [6.07, 6.45) is 3.76. The van der Waals surface area contributed by atoms with Crippen molar-refractivity contribution in [3.63, 3.8) is 0 Å². The minimum absolute atomic E-state index is 0.143. The number of amides is 1. The molecule has 0 saturated carbocycles. The molecule has 26 heavy (non-hydrogen) atoms. The van der Waals surface area contributed by atoms with Gasteiger partial charge in [0.15, 0.2) is 4.32 Å². The van der Waals surface area contributed by atoms with Crippen LogP contribution in [0.3, 0.4) is 0 Å². The molecule has 0 N–H and O–H groups in total. The Morgan fingerprint density at radius 3 is 2.62 bits per heavy atom. The van der Waals surface area contributed by atoms with Gasteiger partial charge in [0.25, 0.3) is 5.91 Å². The number of thioether (sulfide) groups is 2. The van der Waals surface area contributed by atoms with E-state index < -0.39 is 5.97 Å². The highest BCUT2D eigenvalue weighted by Crippen LogP contribution is 2.36. The van der Waals surface area contributed by atoms with E-state index >= 15 is 0 Å². The first-order valence-corrected chi connectivity index (χ1v) is 10.1. The lowest BCUT2D eigenvalue weighted by atomic mass is 10.1. The van der Waals surface area contributed by atoms with Crippen molar-refractivity contribution < 1.29 is 14.3 Å². The van der Waals surface area contributed by atoms with E-state index in [1.807, 2.05) is 30.5 Å². The Kier molecular flexibility index (Phi) is 5.80. The molecule has 3 rings (SSSR count). The van der Waals surface area contributed by atoms with Gasteiger partial charge in [-0.15, -0.1) is 11.8 Å². The second kappa shape index (κ2) is 8.07. The summed E-state index contributed by atoms with van der Waals surface area (Å²) < 4.78 is 5.19. The Bertz CT molecular complexity index is 907. The largest absolute Gasteiger partial charge is 0.465 e. The smallest absolute Gasteiger partial charge is 0.337 e. The third-order valence-electron chi connectivity index (χ3n) is 3.73. The number of carbonyl (C=O) groups is 2. The molecule has 0 aromatic heterocycles. The molecular formula is C19H15NO3S3. The monoisotopic (exact) mass is 401 g/mol. The van der Waals surface area contributed by atoms with E-state index in [0.29, 0.717) is 14.8 Å². The van der Waals surface area contributed by atoms with Gasteiger partial charge in [-0.1, -0.05) is 42.2 Å². The van der Waals surface area contributed by atoms with Crippen molar-refractivity contribution in [2.24, 2.45) is 0 Å². The van der Waals surface area contributed by atoms with Gasteiger partial charge in [-0.25, -0.2) is 4.79 Å². The van der Waals surface area contributed by atoms with E-state index in [4.69, 9.17) is 12.2 Å². The number of rotatable bonds is 4. The van der Waals surface area contributed by atoms with Crippen molar-refractivity contribution in [2.45, 2.75) is 4.90 Å². The highest BCUT2D eigenvalue weighted by atomic mass is 32.2. The molecule has 2 aromatic carbocycles. The number of anilines is 1. The molecule has 1 fully saturated rings. The minimum atomic E-state index is -0.392. The van der Waals surface area contributed by atoms with E-state index in [1.165, 1.54) is 18.9 Å². The number of hydrogen-bond donors (Lipinski definition) is 0. The van der Waals surface area contributed by atoms with Crippen LogP contribution in [0, 0.1) is 0 Å². The molecule has 0 aliphatic carbocycles. The zero-order chi connectivity index (χ0) is 18.7. The molecule has 0 bridgehead atoms. The van der Waals surface area contributed by atoms with Gasteiger partial charge in [-0.3, -0.25) is 9.69 Å². The lowest BCUT2D eigenvalue weighted by molar-refractivity contribution is -0.113. The fourth-order valence-corrected chi connectivity index (χ4v) is 4.18. The molecule has 1 heterocycles. The van der Waals surface area contributed by atoms with Gasteiger partial charge in [0.05, 0.1) is 23.3 Å². The second-order valence-corrected chi connectivity index (χ2v) is 7.89. The summed E-state index contributed by atoms with van der Waals surface area (Å²) in [5.74, 6) is -0.535. The number of benzene rings is 2. The van der Waals surface area contributed by atoms with Crippen LogP contribution in [0.15, 0.2) is 58.3 Å². The average Bonchev–Trinajstić information content (AvgIpc) is 2.95. The number of esters is 1. The summed E-state index contributed by atoms with van der Waals surface area (Å²) in [6.45, 7) is 0. The summed E-state index contributed by atoms with van der Waals surface area (Å²) >= 11 is 8.29. The summed E-state index contributed by atoms with van der Waals surface area (Å²) in [5, 5.41) is 0. The Morgan fingerprint density at radius 2 is 1.96 bits per heavy atom. The maximum atomic E-state index is 12.8. The molecule has 0 atom stereocenters. The molecule has 1 saturated heterocycles. The van der Waals surface area contributed by atoms with Crippen LogP contribution >= 0.6 is 35.7 Å². The van der Waals surface area contributed by atoms with Crippen LogP contribution < -0.4 is 4.90 Å². The van der Waals surface area contributed by atoms with Crippen LogP contribution in [0.1, 0.15) is 15.9 Å². The van der Waals surface area contributed by atoms with Gasteiger partial charge in [-0.05, 0) is 48.2 Å². The molecule has 1 aliphatic heterocycles. The standard InChI is InChI=1S/C19H15NO3S3/c1-23-18(22)13-8-6-12(7-9-13)10-16-17(21)20(19(24)26-16)14-4-3-5-15(11-14)25-2/h3-11H,1-2H3/b16-10+. The van der Waals surface area contributed by atoms with E-state index in [2.05, 4.69) is 4.74 Å². The molecule has 0 unspecified atom stereocenters. The predicted octanol–water partition coefficient (Wildman–Crippen LogP) is 4.60. The number of ether oxygens (including phenoxy) is 1. The molecule has 4 nitrogen and oxygen atoms in total. The van der Waals surface area contributed by atoms with E-state index in [0.717, 1.165) is 16.1 Å². The third-order valence-corrected chi connectivity index (χ3v) is 5.76. The molecule has 0 spiro atoms. The Morgan fingerprint density at radius 1 is 1.23 bits per heavy atom. The minimum Gasteiger partial charge on any atom is -0.465 e. The summed E-state index contributed by atoms with van der Waals surface area (Å²) in [7, 11) is 1.34. The SMILES string of the molecule is COC(=O)c1ccc(/C=C2/SC(=S)N(c3cccc(SC)c3)C2=O)cc1. The topological polar surface area (TPSA) is 46.6 Å². The first kappa shape index (κ1) is 18.7. The van der Waals surface area contributed by atoms with Crippen LogP contribution in [-0.4, -0.2) is 29.6 Å². The van der Waals surface area contributed by atoms with Crippen LogP contribution in [0.2, 0.25) is 0 Å². The first-order chi connectivity index (χ1) is 12.5. The van der Waals surface area contributed by atoms with Crippen LogP contribution in [0.25, 0.3) is 6.08 Å². The van der Waals surface area contributed by atoms with Crippen molar-refractivity contribution in [2.75, 3.05) is 18.3 Å². The Balaban J connectivity index is 1.86. The van der Waals surface area contributed by atoms with E-state index in [9.17, 15) is 9.59 Å². The summed E-state index contributed by atoms with van der Waals surface area (Å²) in [4.78, 5) is 27.5. The molecule has 1 amide bonds. The number of methoxy groups -OCH3 is 1. The zero-order valence-electron chi connectivity index (χ0n) is 14.1. The van der Waals surface area contributed by atoms with Crippen LogP contribution in [-0.2, 0) is 9.53 Å². The van der Waals surface area contributed by atoms with Gasteiger partial charge in [0.2, 0.25) is 0 Å². The average molecular weight is 402 g/mol. The first-order valence-electron chi connectivity index (χ1n) is 7.64. The fourth-order valence-electron chi connectivity index (χ4n) is 2.42. The molecule has 1 aliphatic rings. The van der Waals surface area contributed by atoms with Gasteiger partial charge in [-0.2, -0.15) is 0 Å². The fraction of sp³-hybridized carbons (Fsp3) is 0.105. The number of nitrogens with zero attached hydrogens (tertiary/aromatic N) is 1. The molecule has 7 heteroatoms. The summed E-state index contributed by atoms with van der Waals surface area (Å²) in [6, 6.07) is 14.6. The third kappa shape index (κ3) is 3.85. The highest BCUT2D eigenvalue weighted by Gasteiger charge is 2.33. The normalized spacial score (nSPS) is 15.6. The zero-order valence-corrected chi connectivity index (χ0v) is 16.5. The van der Waals surface area contributed by atoms with E-state index in [1.54, 1.807) is 47.0 Å². The van der Waals surface area contributed by atoms with Crippen molar-refractivity contribution >= 4 is 63.7 Å². The van der Waals surface area contributed by atoms with Gasteiger partial charge >= 0.3 is 5.97 Å². The van der Waals surface area contributed by atoms with Gasteiger partial charge in [0, 0.05) is 4.90 Å². The maximum Gasteiger partial charge on any atom is 0.337 e. The van der Waals surface area contributed by atoms with Crippen LogP contribution in [0.4, 0.5) is 5.69 Å². The van der Waals surface area contributed by atoms with Gasteiger partial charge < -0.3 is 4.74 Å². The predicted molar refractivity (Wildman–Crippen MR) is 112 cm³/mol. The quantitative estimate of drug-likeness (QED) is 0.323. The maximum absolute atomic E-state index is 12.8. The summed E-state index contributed by atoms with van der Waals surface area (Å²) in [5.41, 5.74) is 2.05. The number of thiocarbonyl (C=S) groups is 1. The van der Waals surface area contributed by atoms with Crippen molar-refractivity contribution in [3.05, 3.63) is 64.6 Å². The van der Waals surface area contributed by atoms with E-state index in [-0.39, 0.29) is 5.91 Å². The van der Waals surface area contributed by atoms with Crippen molar-refractivity contribution in [1.29, 1.82) is 0 Å².